The highest BCUT2D eigenvalue weighted by Crippen LogP contribution is 2.41. The molecule has 0 saturated carbocycles. The Morgan fingerprint density at radius 1 is 1.31 bits per heavy atom. The number of carbonyl (C=O) groups excluding carboxylic acids is 1. The van der Waals surface area contributed by atoms with Gasteiger partial charge in [0.05, 0.1) is 13.5 Å². The van der Waals surface area contributed by atoms with E-state index in [-0.39, 0.29) is 24.1 Å². The lowest BCUT2D eigenvalue weighted by atomic mass is 9.76. The number of methoxy groups -OCH3 is 1. The molecule has 0 aliphatic carbocycles. The maximum absolute atomic E-state index is 11.6. The predicted octanol–water partition coefficient (Wildman–Crippen LogP) is 5.85. The maximum Gasteiger partial charge on any atom is 0.308 e. The minimum absolute atomic E-state index is 0.196. The monoisotopic (exact) mass is 368 g/mol. The molecule has 0 aromatic rings. The minimum Gasteiger partial charge on any atom is -0.469 e. The van der Waals surface area contributed by atoms with E-state index in [9.17, 15) is 4.79 Å². The number of ether oxygens (including phenoxy) is 1. The summed E-state index contributed by atoms with van der Waals surface area (Å²) in [6.07, 6.45) is 12.0. The van der Waals surface area contributed by atoms with Crippen LogP contribution in [0.5, 0.6) is 0 Å². The van der Waals surface area contributed by atoms with Crippen LogP contribution in [0, 0.1) is 17.8 Å². The fourth-order valence-electron chi connectivity index (χ4n) is 4.15. The Morgan fingerprint density at radius 2 is 2.04 bits per heavy atom. The van der Waals surface area contributed by atoms with Crippen LogP contribution in [0.3, 0.4) is 0 Å². The van der Waals surface area contributed by atoms with Crippen LogP contribution in [0.15, 0.2) is 12.2 Å². The van der Waals surface area contributed by atoms with E-state index in [0.29, 0.717) is 17.8 Å². The van der Waals surface area contributed by atoms with Crippen molar-refractivity contribution in [2.45, 2.75) is 97.7 Å². The number of carbonyl (C=O) groups is 1. The van der Waals surface area contributed by atoms with Crippen molar-refractivity contribution < 1.29 is 19.3 Å². The summed E-state index contributed by atoms with van der Waals surface area (Å²) in [5.41, 5.74) is -0.237. The molecular weight excluding hydrogens is 328 g/mol. The average molecular weight is 369 g/mol. The zero-order valence-corrected chi connectivity index (χ0v) is 17.8. The first-order valence-electron chi connectivity index (χ1n) is 10.5. The van der Waals surface area contributed by atoms with Gasteiger partial charge in [-0.15, -0.1) is 0 Å². The van der Waals surface area contributed by atoms with E-state index in [1.165, 1.54) is 20.0 Å². The van der Waals surface area contributed by atoms with Gasteiger partial charge in [-0.05, 0) is 56.3 Å². The zero-order chi connectivity index (χ0) is 19.6. The average Bonchev–Trinajstić information content (AvgIpc) is 2.66. The highest BCUT2D eigenvalue weighted by atomic mass is 17.2. The molecule has 1 aliphatic rings. The number of hydrogen-bond donors (Lipinski definition) is 0. The smallest absolute Gasteiger partial charge is 0.308 e. The molecule has 2 unspecified atom stereocenters. The second-order valence-corrected chi connectivity index (χ2v) is 7.96. The number of hydrogen-bond acceptors (Lipinski definition) is 4. The van der Waals surface area contributed by atoms with E-state index in [1.807, 2.05) is 0 Å². The molecule has 0 radical (unpaired) electrons. The molecule has 0 aromatic heterocycles. The summed E-state index contributed by atoms with van der Waals surface area (Å²) in [7, 11) is 1.42. The van der Waals surface area contributed by atoms with Crippen LogP contribution in [0.4, 0.5) is 0 Å². The first-order valence-corrected chi connectivity index (χ1v) is 10.5. The highest BCUT2D eigenvalue weighted by molar-refractivity contribution is 5.69. The van der Waals surface area contributed by atoms with E-state index in [4.69, 9.17) is 14.5 Å². The van der Waals surface area contributed by atoms with Gasteiger partial charge >= 0.3 is 5.97 Å². The molecule has 4 nitrogen and oxygen atoms in total. The van der Waals surface area contributed by atoms with Gasteiger partial charge in [-0.2, -0.15) is 0 Å². The van der Waals surface area contributed by atoms with E-state index < -0.39 is 0 Å². The molecule has 0 amide bonds. The Labute approximate surface area is 160 Å². The molecule has 26 heavy (non-hydrogen) atoms. The molecule has 1 rings (SSSR count). The van der Waals surface area contributed by atoms with E-state index in [1.54, 1.807) is 0 Å². The van der Waals surface area contributed by atoms with E-state index >= 15 is 0 Å². The Morgan fingerprint density at radius 3 is 2.58 bits per heavy atom. The quantitative estimate of drug-likeness (QED) is 0.260. The summed E-state index contributed by atoms with van der Waals surface area (Å²) in [4.78, 5) is 23.3. The number of rotatable bonds is 11. The lowest BCUT2D eigenvalue weighted by molar-refractivity contribution is -0.424. The van der Waals surface area contributed by atoms with Crippen molar-refractivity contribution in [1.29, 1.82) is 0 Å². The van der Waals surface area contributed by atoms with Crippen molar-refractivity contribution >= 4 is 5.97 Å². The Kier molecular flexibility index (Phi) is 10.5. The molecule has 5 atom stereocenters. The molecular formula is C22H40O4. The summed E-state index contributed by atoms with van der Waals surface area (Å²) in [5.74, 6) is 1.30. The summed E-state index contributed by atoms with van der Waals surface area (Å²) in [6.45, 7) is 11.1. The Hall–Kier alpha value is -0.870. The van der Waals surface area contributed by atoms with Crippen molar-refractivity contribution in [2.24, 2.45) is 17.8 Å². The van der Waals surface area contributed by atoms with Gasteiger partial charge in [0, 0.05) is 0 Å². The third-order valence-corrected chi connectivity index (χ3v) is 5.87. The maximum atomic E-state index is 11.6. The summed E-state index contributed by atoms with van der Waals surface area (Å²) in [6, 6.07) is 0. The number of allylic oxidation sites excluding steroid dienone is 2. The lowest BCUT2D eigenvalue weighted by Gasteiger charge is -2.44. The van der Waals surface area contributed by atoms with Gasteiger partial charge < -0.3 is 4.74 Å². The SMILES string of the molecule is CC/C=C/C(CC)CC(C)C[C@]1(CC)C[C@@H](CC)[C@H](CC(=O)OC)OO1. The van der Waals surface area contributed by atoms with Crippen LogP contribution in [-0.2, 0) is 19.3 Å². The van der Waals surface area contributed by atoms with Gasteiger partial charge in [0.15, 0.2) is 0 Å². The molecule has 1 heterocycles. The van der Waals surface area contributed by atoms with Crippen molar-refractivity contribution in [3.8, 4) is 0 Å². The van der Waals surface area contributed by atoms with E-state index in [2.05, 4.69) is 46.8 Å². The van der Waals surface area contributed by atoms with Crippen LogP contribution in [0.1, 0.15) is 86.0 Å². The standard InChI is InChI=1S/C22H40O4/c1-7-11-12-18(8-2)13-17(5)15-22(10-4)16-19(9-3)20(25-26-22)14-21(23)24-6/h11-12,17-20H,7-10,13-16H2,1-6H3/b12-11+/t17?,18?,19-,20+,22-/m1/s1. The van der Waals surface area contributed by atoms with E-state index in [0.717, 1.165) is 32.1 Å². The molecule has 4 heteroatoms. The summed E-state index contributed by atoms with van der Waals surface area (Å²) >= 11 is 0. The van der Waals surface area contributed by atoms with Gasteiger partial charge in [-0.3, -0.25) is 4.79 Å². The Bertz CT molecular complexity index is 434. The molecule has 0 N–H and O–H groups in total. The van der Waals surface area contributed by atoms with Crippen molar-refractivity contribution in [1.82, 2.24) is 0 Å². The van der Waals surface area contributed by atoms with Crippen LogP contribution in [0.2, 0.25) is 0 Å². The third kappa shape index (κ3) is 7.03. The van der Waals surface area contributed by atoms with Gasteiger partial charge in [0.25, 0.3) is 0 Å². The highest BCUT2D eigenvalue weighted by Gasteiger charge is 2.43. The van der Waals surface area contributed by atoms with Crippen LogP contribution < -0.4 is 0 Å². The largest absolute Gasteiger partial charge is 0.469 e. The second kappa shape index (κ2) is 11.8. The third-order valence-electron chi connectivity index (χ3n) is 5.87. The van der Waals surface area contributed by atoms with Gasteiger partial charge in [0.2, 0.25) is 0 Å². The first kappa shape index (κ1) is 23.2. The molecule has 1 fully saturated rings. The lowest BCUT2D eigenvalue weighted by Crippen LogP contribution is -2.46. The Balaban J connectivity index is 2.70. The normalized spacial score (nSPS) is 28.8. The van der Waals surface area contributed by atoms with Gasteiger partial charge in [-0.1, -0.05) is 53.2 Å². The molecule has 0 bridgehead atoms. The zero-order valence-electron chi connectivity index (χ0n) is 17.8. The van der Waals surface area contributed by atoms with Gasteiger partial charge in [0.1, 0.15) is 11.7 Å². The summed E-state index contributed by atoms with van der Waals surface area (Å²) in [5, 5.41) is 0. The predicted molar refractivity (Wildman–Crippen MR) is 106 cm³/mol. The second-order valence-electron chi connectivity index (χ2n) is 7.96. The van der Waals surface area contributed by atoms with Crippen molar-refractivity contribution in [2.75, 3.05) is 7.11 Å². The molecule has 152 valence electrons. The van der Waals surface area contributed by atoms with Gasteiger partial charge in [-0.25, -0.2) is 9.78 Å². The fraction of sp³-hybridized carbons (Fsp3) is 0.864. The molecule has 0 aromatic carbocycles. The topological polar surface area (TPSA) is 44.8 Å². The first-order chi connectivity index (χ1) is 12.4. The van der Waals surface area contributed by atoms with Crippen LogP contribution in [0.25, 0.3) is 0 Å². The molecule has 1 aliphatic heterocycles. The van der Waals surface area contributed by atoms with Crippen LogP contribution in [-0.4, -0.2) is 24.8 Å². The molecule has 1 saturated heterocycles. The van der Waals surface area contributed by atoms with Crippen molar-refractivity contribution in [3.63, 3.8) is 0 Å². The van der Waals surface area contributed by atoms with Crippen molar-refractivity contribution in [3.05, 3.63) is 12.2 Å². The molecule has 0 spiro atoms. The fourth-order valence-corrected chi connectivity index (χ4v) is 4.15. The summed E-state index contributed by atoms with van der Waals surface area (Å²) < 4.78 is 4.80. The number of esters is 1. The van der Waals surface area contributed by atoms with Crippen LogP contribution >= 0.6 is 0 Å². The minimum atomic E-state index is -0.237.